The maximum absolute atomic E-state index is 12.1. The van der Waals surface area contributed by atoms with Crippen LogP contribution in [0.5, 0.6) is 0 Å². The highest BCUT2D eigenvalue weighted by Crippen LogP contribution is 2.51. The Balaban J connectivity index is 1.67. The molecule has 1 fully saturated rings. The minimum absolute atomic E-state index is 0.0190. The van der Waals surface area contributed by atoms with Crippen LogP contribution in [0.2, 0.25) is 0 Å². The second kappa shape index (κ2) is 5.34. The van der Waals surface area contributed by atoms with E-state index < -0.39 is 0 Å². The third-order valence-corrected chi connectivity index (χ3v) is 4.38. The molecule has 3 N–H and O–H groups in total. The Bertz CT molecular complexity index is 636. The Labute approximate surface area is 125 Å². The smallest absolute Gasteiger partial charge is 0.255 e. The van der Waals surface area contributed by atoms with Gasteiger partial charge in [0.25, 0.3) is 5.91 Å². The summed E-state index contributed by atoms with van der Waals surface area (Å²) >= 11 is 0. The summed E-state index contributed by atoms with van der Waals surface area (Å²) in [5, 5.41) is 2.91. The van der Waals surface area contributed by atoms with E-state index in [9.17, 15) is 4.79 Å². The lowest BCUT2D eigenvalue weighted by Gasteiger charge is -2.09. The van der Waals surface area contributed by atoms with Crippen LogP contribution in [-0.4, -0.2) is 11.4 Å². The molecule has 0 heterocycles. The molecule has 1 aliphatic carbocycles. The fourth-order valence-electron chi connectivity index (χ4n) is 2.75. The van der Waals surface area contributed by atoms with E-state index >= 15 is 0 Å². The number of nitrogens with two attached hydrogens (primary N) is 1. The first-order chi connectivity index (χ1) is 10.1. The predicted molar refractivity (Wildman–Crippen MR) is 85.4 cm³/mol. The molecular formula is C18H20N2O. The van der Waals surface area contributed by atoms with Gasteiger partial charge in [-0.05, 0) is 42.7 Å². The zero-order chi connectivity index (χ0) is 14.9. The second-order valence-electron chi connectivity index (χ2n) is 5.79. The van der Waals surface area contributed by atoms with Crippen molar-refractivity contribution in [1.29, 1.82) is 0 Å². The summed E-state index contributed by atoms with van der Waals surface area (Å²) in [4.78, 5) is 12.1. The first-order valence-electron chi connectivity index (χ1n) is 7.37. The van der Waals surface area contributed by atoms with Gasteiger partial charge >= 0.3 is 0 Å². The minimum Gasteiger partial charge on any atom is -0.325 e. The number of carbonyl (C=O) groups is 1. The van der Waals surface area contributed by atoms with Crippen LogP contribution in [0.1, 0.15) is 41.6 Å². The highest BCUT2D eigenvalue weighted by atomic mass is 16.1. The number of carbonyl (C=O) groups excluding carboxylic acids is 1. The van der Waals surface area contributed by atoms with Gasteiger partial charge < -0.3 is 11.1 Å². The van der Waals surface area contributed by atoms with E-state index in [2.05, 4.69) is 24.4 Å². The molecule has 3 rings (SSSR count). The molecule has 0 radical (unpaired) electrons. The minimum atomic E-state index is -0.0866. The van der Waals surface area contributed by atoms with Crippen LogP contribution in [0.25, 0.3) is 0 Å². The summed E-state index contributed by atoms with van der Waals surface area (Å²) in [5.74, 6) is 0.373. The average molecular weight is 280 g/mol. The Kier molecular flexibility index (Phi) is 3.52. The molecule has 2 aromatic carbocycles. The van der Waals surface area contributed by atoms with E-state index in [0.29, 0.717) is 11.5 Å². The van der Waals surface area contributed by atoms with Crippen LogP contribution < -0.4 is 11.1 Å². The summed E-state index contributed by atoms with van der Waals surface area (Å²) in [5.41, 5.74) is 8.96. The van der Waals surface area contributed by atoms with Crippen LogP contribution >= 0.6 is 0 Å². The molecule has 1 aliphatic rings. The van der Waals surface area contributed by atoms with Gasteiger partial charge in [-0.3, -0.25) is 4.79 Å². The molecule has 21 heavy (non-hydrogen) atoms. The molecule has 0 unspecified atom stereocenters. The van der Waals surface area contributed by atoms with Crippen molar-refractivity contribution in [2.45, 2.75) is 31.2 Å². The van der Waals surface area contributed by atoms with Crippen molar-refractivity contribution in [3.05, 3.63) is 65.7 Å². The van der Waals surface area contributed by atoms with Crippen LogP contribution in [0.4, 0.5) is 5.69 Å². The quantitative estimate of drug-likeness (QED) is 0.900. The topological polar surface area (TPSA) is 55.1 Å². The number of benzene rings is 2. The summed E-state index contributed by atoms with van der Waals surface area (Å²) in [6.07, 6.45) is 2.06. The summed E-state index contributed by atoms with van der Waals surface area (Å²) < 4.78 is 0. The summed E-state index contributed by atoms with van der Waals surface area (Å²) in [6, 6.07) is 17.2. The molecule has 3 nitrogen and oxygen atoms in total. The Morgan fingerprint density at radius 1 is 1.19 bits per heavy atom. The molecule has 1 amide bonds. The van der Waals surface area contributed by atoms with Crippen LogP contribution in [0.3, 0.4) is 0 Å². The van der Waals surface area contributed by atoms with Crippen molar-refractivity contribution < 1.29 is 4.79 Å². The molecule has 0 aromatic heterocycles. The van der Waals surface area contributed by atoms with Crippen LogP contribution in [-0.2, 0) is 0 Å². The van der Waals surface area contributed by atoms with Crippen LogP contribution in [0.15, 0.2) is 54.6 Å². The number of hydrogen-bond donors (Lipinski definition) is 2. The number of nitrogens with one attached hydrogen (secondary N) is 1. The fraction of sp³-hybridized carbons (Fsp3) is 0.278. The van der Waals surface area contributed by atoms with Crippen molar-refractivity contribution in [2.24, 2.45) is 5.73 Å². The van der Waals surface area contributed by atoms with Gasteiger partial charge in [0.2, 0.25) is 0 Å². The largest absolute Gasteiger partial charge is 0.325 e. The van der Waals surface area contributed by atoms with Crippen molar-refractivity contribution in [1.82, 2.24) is 0 Å². The fourth-order valence-corrected chi connectivity index (χ4v) is 2.75. The lowest BCUT2D eigenvalue weighted by Crippen LogP contribution is -2.22. The average Bonchev–Trinajstić information content (AvgIpc) is 3.21. The molecule has 108 valence electrons. The summed E-state index contributed by atoms with van der Waals surface area (Å²) in [6.45, 7) is 2.13. The van der Waals surface area contributed by atoms with Crippen LogP contribution in [0, 0.1) is 0 Å². The maximum Gasteiger partial charge on any atom is 0.255 e. The number of amides is 1. The van der Waals surface area contributed by atoms with Gasteiger partial charge in [-0.1, -0.05) is 37.3 Å². The van der Waals surface area contributed by atoms with Gasteiger partial charge in [0.1, 0.15) is 0 Å². The number of hydrogen-bond acceptors (Lipinski definition) is 2. The third-order valence-electron chi connectivity index (χ3n) is 4.38. The first kappa shape index (κ1) is 13.8. The van der Waals surface area contributed by atoms with Gasteiger partial charge in [0.15, 0.2) is 0 Å². The second-order valence-corrected chi connectivity index (χ2v) is 5.79. The van der Waals surface area contributed by atoms with E-state index in [1.54, 1.807) is 12.1 Å². The monoisotopic (exact) mass is 280 g/mol. The van der Waals surface area contributed by atoms with Gasteiger partial charge in [-0.2, -0.15) is 0 Å². The number of anilines is 1. The van der Waals surface area contributed by atoms with Gasteiger partial charge in [-0.25, -0.2) is 0 Å². The third kappa shape index (κ3) is 2.83. The molecule has 0 spiro atoms. The highest BCUT2D eigenvalue weighted by molar-refractivity contribution is 6.04. The van der Waals surface area contributed by atoms with E-state index in [1.165, 1.54) is 5.56 Å². The Hall–Kier alpha value is -2.13. The number of rotatable bonds is 4. The molecule has 2 atom stereocenters. The normalized spacial score (nSPS) is 23.6. The van der Waals surface area contributed by atoms with E-state index in [0.717, 1.165) is 18.5 Å². The zero-order valence-electron chi connectivity index (χ0n) is 12.2. The first-order valence-corrected chi connectivity index (χ1v) is 7.37. The molecule has 3 heteroatoms. The van der Waals surface area contributed by atoms with Crippen molar-refractivity contribution in [3.8, 4) is 0 Å². The highest BCUT2D eigenvalue weighted by Gasteiger charge is 2.49. The van der Waals surface area contributed by atoms with E-state index in [4.69, 9.17) is 5.73 Å². The molecular weight excluding hydrogens is 260 g/mol. The summed E-state index contributed by atoms with van der Waals surface area (Å²) in [7, 11) is 0. The molecule has 0 saturated heterocycles. The molecule has 0 aliphatic heterocycles. The van der Waals surface area contributed by atoms with Gasteiger partial charge in [-0.15, -0.1) is 0 Å². The Morgan fingerprint density at radius 2 is 1.86 bits per heavy atom. The predicted octanol–water partition coefficient (Wildman–Crippen LogP) is 3.53. The van der Waals surface area contributed by atoms with E-state index in [1.807, 2.05) is 30.3 Å². The Morgan fingerprint density at radius 3 is 2.43 bits per heavy atom. The van der Waals surface area contributed by atoms with Gasteiger partial charge in [0.05, 0.1) is 0 Å². The van der Waals surface area contributed by atoms with Crippen molar-refractivity contribution >= 4 is 11.6 Å². The molecule has 2 aromatic rings. The van der Waals surface area contributed by atoms with E-state index in [-0.39, 0.29) is 11.4 Å². The molecule has 1 saturated carbocycles. The SMILES string of the molecule is CC[C@]1(N)C[C@H]1c1ccc(NC(=O)c2ccccc2)cc1. The van der Waals surface area contributed by atoms with Crippen molar-refractivity contribution in [3.63, 3.8) is 0 Å². The maximum atomic E-state index is 12.1. The zero-order valence-corrected chi connectivity index (χ0v) is 12.2. The lowest BCUT2D eigenvalue weighted by molar-refractivity contribution is 0.102. The van der Waals surface area contributed by atoms with Gasteiger partial charge in [0, 0.05) is 22.7 Å². The van der Waals surface area contributed by atoms with Crippen molar-refractivity contribution in [2.75, 3.05) is 5.32 Å². The lowest BCUT2D eigenvalue weighted by atomic mass is 10.0. The standard InChI is InChI=1S/C18H20N2O/c1-2-18(19)12-16(18)13-8-10-15(11-9-13)20-17(21)14-6-4-3-5-7-14/h3-11,16H,2,12,19H2,1H3,(H,20,21)/t16-,18-/m0/s1. The molecule has 0 bridgehead atoms.